The highest BCUT2D eigenvalue weighted by Crippen LogP contribution is 2.25. The molecule has 1 aliphatic rings. The van der Waals surface area contributed by atoms with Gasteiger partial charge in [-0.05, 0) is 73.1 Å². The van der Waals surface area contributed by atoms with Gasteiger partial charge in [0.1, 0.15) is 5.70 Å². The summed E-state index contributed by atoms with van der Waals surface area (Å²) in [4.78, 5) is 14.0. The van der Waals surface area contributed by atoms with E-state index < -0.39 is 11.6 Å². The molecule has 3 nitrogen and oxygen atoms in total. The lowest BCUT2D eigenvalue weighted by Gasteiger charge is -2.15. The van der Waals surface area contributed by atoms with Gasteiger partial charge in [0.25, 0.3) is 5.91 Å². The Morgan fingerprint density at radius 3 is 2.33 bits per heavy atom. The van der Waals surface area contributed by atoms with Crippen LogP contribution in [0.4, 0.5) is 14.5 Å². The molecule has 0 radical (unpaired) electrons. The number of benzene rings is 2. The van der Waals surface area contributed by atoms with E-state index in [0.29, 0.717) is 11.3 Å². The van der Waals surface area contributed by atoms with E-state index in [-0.39, 0.29) is 16.7 Å². The third-order valence-corrected chi connectivity index (χ3v) is 3.88. The van der Waals surface area contributed by atoms with Gasteiger partial charge in [0.2, 0.25) is 0 Å². The van der Waals surface area contributed by atoms with Gasteiger partial charge in [-0.2, -0.15) is 0 Å². The average molecular weight is 344 g/mol. The van der Waals surface area contributed by atoms with Crippen molar-refractivity contribution in [2.45, 2.75) is 13.8 Å². The van der Waals surface area contributed by atoms with E-state index in [1.165, 1.54) is 17.0 Å². The predicted octanol–water partition coefficient (Wildman–Crippen LogP) is 3.84. The first-order chi connectivity index (χ1) is 11.3. The molecule has 0 bridgehead atoms. The Hall–Kier alpha value is -2.60. The van der Waals surface area contributed by atoms with Crippen LogP contribution in [0, 0.1) is 25.5 Å². The molecule has 0 atom stereocenters. The SMILES string of the molecule is Cc1cc(C)cc(N2C(=O)/C(=C\c3ccc(F)c(F)c3)NC2=S)c1. The van der Waals surface area contributed by atoms with E-state index in [4.69, 9.17) is 12.2 Å². The van der Waals surface area contributed by atoms with E-state index in [1.54, 1.807) is 0 Å². The minimum Gasteiger partial charge on any atom is -0.327 e. The standard InChI is InChI=1S/C18H14F2N2OS/c1-10-5-11(2)7-13(6-10)22-17(23)16(21-18(22)24)9-12-3-4-14(19)15(20)8-12/h3-9H,1-2H3,(H,21,24)/b16-9+. The van der Waals surface area contributed by atoms with Crippen molar-refractivity contribution in [3.05, 3.63) is 70.4 Å². The number of anilines is 1. The molecule has 0 saturated carbocycles. The van der Waals surface area contributed by atoms with Crippen LogP contribution in [-0.4, -0.2) is 11.0 Å². The van der Waals surface area contributed by atoms with Crippen molar-refractivity contribution in [3.8, 4) is 0 Å². The Morgan fingerprint density at radius 2 is 1.71 bits per heavy atom. The number of carbonyl (C=O) groups is 1. The Labute approximate surface area is 143 Å². The molecule has 1 fully saturated rings. The molecule has 0 aromatic heterocycles. The fourth-order valence-electron chi connectivity index (χ4n) is 2.62. The van der Waals surface area contributed by atoms with Gasteiger partial charge < -0.3 is 5.32 Å². The fourth-order valence-corrected chi connectivity index (χ4v) is 2.92. The quantitative estimate of drug-likeness (QED) is 0.664. The lowest BCUT2D eigenvalue weighted by molar-refractivity contribution is -0.113. The third-order valence-electron chi connectivity index (χ3n) is 3.60. The van der Waals surface area contributed by atoms with Crippen LogP contribution in [-0.2, 0) is 4.79 Å². The monoisotopic (exact) mass is 344 g/mol. The number of nitrogens with one attached hydrogen (secondary N) is 1. The second-order valence-corrected chi connectivity index (χ2v) is 6.03. The van der Waals surface area contributed by atoms with Gasteiger partial charge in [0.05, 0.1) is 5.69 Å². The summed E-state index contributed by atoms with van der Waals surface area (Å²) in [6.07, 6.45) is 1.44. The topological polar surface area (TPSA) is 32.3 Å². The molecule has 1 saturated heterocycles. The number of rotatable bonds is 2. The second-order valence-electron chi connectivity index (χ2n) is 5.65. The van der Waals surface area contributed by atoms with Crippen LogP contribution in [0.2, 0.25) is 0 Å². The van der Waals surface area contributed by atoms with Crippen LogP contribution in [0.25, 0.3) is 6.08 Å². The van der Waals surface area contributed by atoms with Crippen LogP contribution in [0.5, 0.6) is 0 Å². The molecule has 6 heteroatoms. The number of amides is 1. The largest absolute Gasteiger partial charge is 0.327 e. The van der Waals surface area contributed by atoms with E-state index in [1.807, 2.05) is 32.0 Å². The van der Waals surface area contributed by atoms with Crippen molar-refractivity contribution >= 4 is 35.0 Å². The van der Waals surface area contributed by atoms with E-state index in [9.17, 15) is 13.6 Å². The third kappa shape index (κ3) is 3.05. The minimum atomic E-state index is -0.969. The van der Waals surface area contributed by atoms with Crippen LogP contribution >= 0.6 is 12.2 Å². The zero-order valence-electron chi connectivity index (χ0n) is 13.1. The number of carbonyl (C=O) groups excluding carboxylic acids is 1. The van der Waals surface area contributed by atoms with Gasteiger partial charge in [0.15, 0.2) is 16.7 Å². The van der Waals surface area contributed by atoms with E-state index in [2.05, 4.69) is 5.32 Å². The Kier molecular flexibility index (Phi) is 4.15. The van der Waals surface area contributed by atoms with Gasteiger partial charge in [0, 0.05) is 0 Å². The lowest BCUT2D eigenvalue weighted by atomic mass is 10.1. The molecule has 1 amide bonds. The van der Waals surface area contributed by atoms with Crippen LogP contribution in [0.1, 0.15) is 16.7 Å². The Morgan fingerprint density at radius 1 is 1.04 bits per heavy atom. The maximum absolute atomic E-state index is 13.3. The maximum Gasteiger partial charge on any atom is 0.281 e. The summed E-state index contributed by atoms with van der Waals surface area (Å²) in [6, 6.07) is 9.15. The van der Waals surface area contributed by atoms with Crippen molar-refractivity contribution in [2.24, 2.45) is 0 Å². The first-order valence-corrected chi connectivity index (χ1v) is 7.66. The van der Waals surface area contributed by atoms with Crippen molar-refractivity contribution in [2.75, 3.05) is 4.90 Å². The number of nitrogens with zero attached hydrogens (tertiary/aromatic N) is 1. The molecule has 122 valence electrons. The zero-order chi connectivity index (χ0) is 17.4. The van der Waals surface area contributed by atoms with Crippen molar-refractivity contribution in [1.82, 2.24) is 5.32 Å². The minimum absolute atomic E-state index is 0.213. The molecule has 1 aliphatic heterocycles. The number of halogens is 2. The van der Waals surface area contributed by atoms with Crippen LogP contribution in [0.15, 0.2) is 42.1 Å². The molecule has 0 unspecified atom stereocenters. The summed E-state index contributed by atoms with van der Waals surface area (Å²) in [5, 5.41) is 3.08. The highest BCUT2D eigenvalue weighted by atomic mass is 32.1. The molecule has 1 heterocycles. The van der Waals surface area contributed by atoms with Gasteiger partial charge in [-0.25, -0.2) is 8.78 Å². The van der Waals surface area contributed by atoms with Crippen molar-refractivity contribution < 1.29 is 13.6 Å². The number of hydrogen-bond donors (Lipinski definition) is 1. The Balaban J connectivity index is 1.96. The summed E-state index contributed by atoms with van der Waals surface area (Å²) in [5.41, 5.74) is 3.28. The summed E-state index contributed by atoms with van der Waals surface area (Å²) in [5.74, 6) is -2.24. The Bertz CT molecular complexity index is 872. The summed E-state index contributed by atoms with van der Waals surface area (Å²) in [7, 11) is 0. The molecular formula is C18H14F2N2OS. The summed E-state index contributed by atoms with van der Waals surface area (Å²) in [6.45, 7) is 3.87. The van der Waals surface area contributed by atoms with Crippen LogP contribution in [0.3, 0.4) is 0 Å². The van der Waals surface area contributed by atoms with Gasteiger partial charge in [-0.3, -0.25) is 9.69 Å². The molecule has 0 spiro atoms. The highest BCUT2D eigenvalue weighted by Gasteiger charge is 2.32. The van der Waals surface area contributed by atoms with Gasteiger partial charge >= 0.3 is 0 Å². The zero-order valence-corrected chi connectivity index (χ0v) is 13.9. The molecule has 3 rings (SSSR count). The molecular weight excluding hydrogens is 330 g/mol. The predicted molar refractivity (Wildman–Crippen MR) is 93.5 cm³/mol. The number of hydrogen-bond acceptors (Lipinski definition) is 2. The second kappa shape index (κ2) is 6.13. The molecule has 24 heavy (non-hydrogen) atoms. The molecule has 2 aromatic carbocycles. The van der Waals surface area contributed by atoms with E-state index in [0.717, 1.165) is 23.3 Å². The van der Waals surface area contributed by atoms with Gasteiger partial charge in [-0.15, -0.1) is 0 Å². The van der Waals surface area contributed by atoms with Crippen molar-refractivity contribution in [3.63, 3.8) is 0 Å². The molecule has 1 N–H and O–H groups in total. The van der Waals surface area contributed by atoms with Gasteiger partial charge in [-0.1, -0.05) is 12.1 Å². The van der Waals surface area contributed by atoms with Crippen molar-refractivity contribution in [1.29, 1.82) is 0 Å². The van der Waals surface area contributed by atoms with E-state index >= 15 is 0 Å². The highest BCUT2D eigenvalue weighted by molar-refractivity contribution is 7.80. The van der Waals surface area contributed by atoms with Crippen LogP contribution < -0.4 is 10.2 Å². The molecule has 0 aliphatic carbocycles. The lowest BCUT2D eigenvalue weighted by Crippen LogP contribution is -2.30. The smallest absolute Gasteiger partial charge is 0.281 e. The molecule has 2 aromatic rings. The summed E-state index contributed by atoms with van der Waals surface area (Å²) < 4.78 is 26.3. The average Bonchev–Trinajstić information content (AvgIpc) is 2.76. The first kappa shape index (κ1) is 16.3. The maximum atomic E-state index is 13.3. The first-order valence-electron chi connectivity index (χ1n) is 7.25. The fraction of sp³-hybridized carbons (Fsp3) is 0.111. The normalized spacial score (nSPS) is 16.0. The summed E-state index contributed by atoms with van der Waals surface area (Å²) >= 11 is 5.25. The number of thiocarbonyl (C=S) groups is 1. The number of aryl methyl sites for hydroxylation is 2.